The molecule has 0 saturated carbocycles. The molecule has 1 unspecified atom stereocenters. The third-order valence-corrected chi connectivity index (χ3v) is 7.56. The number of fused-ring (bicyclic) bond motifs is 1. The van der Waals surface area contributed by atoms with Crippen LogP contribution in [0, 0.1) is 0 Å². The Morgan fingerprint density at radius 2 is 1.87 bits per heavy atom. The first kappa shape index (κ1) is 25.8. The lowest BCUT2D eigenvalue weighted by Crippen LogP contribution is -2.29. The monoisotopic (exact) mass is 548 g/mol. The molecule has 1 aliphatic rings. The lowest BCUT2D eigenvalue weighted by molar-refractivity contribution is -0.132. The molecule has 1 fully saturated rings. The van der Waals surface area contributed by atoms with Crippen molar-refractivity contribution in [3.63, 3.8) is 0 Å². The van der Waals surface area contributed by atoms with Crippen molar-refractivity contribution in [2.45, 2.75) is 25.8 Å². The van der Waals surface area contributed by atoms with Gasteiger partial charge in [-0.15, -0.1) is 0 Å². The molecule has 4 aromatic rings. The number of amides is 1. The van der Waals surface area contributed by atoms with Crippen molar-refractivity contribution in [2.24, 2.45) is 0 Å². The largest absolute Gasteiger partial charge is 0.507 e. The van der Waals surface area contributed by atoms with Crippen molar-refractivity contribution in [2.75, 3.05) is 18.6 Å². The second-order valence-corrected chi connectivity index (χ2v) is 10.2. The number of aliphatic hydroxyl groups is 1. The van der Waals surface area contributed by atoms with Crippen molar-refractivity contribution in [3.05, 3.63) is 88.5 Å². The number of hydrogen-bond donors (Lipinski definition) is 1. The molecule has 38 heavy (non-hydrogen) atoms. The van der Waals surface area contributed by atoms with Crippen LogP contribution in [-0.2, 0) is 9.59 Å². The molecule has 194 valence electrons. The van der Waals surface area contributed by atoms with Crippen LogP contribution in [-0.4, -0.2) is 35.5 Å². The molecule has 2 heterocycles. The number of nitrogens with zero attached hydrogens (tertiary/aromatic N) is 2. The standard InChI is InChI=1S/C29H25ClN2O5S/c1-3-4-14-37-21-7-5-6-18(15-21)25-24(26(33)17-8-10-19(30)11-9-17)27(34)28(35)32(25)29-31-22-13-12-20(36-2)16-23(22)38-29/h5-13,15-16,25,33H,3-4,14H2,1-2H3. The molecular formula is C29H25ClN2O5S. The molecule has 0 bridgehead atoms. The summed E-state index contributed by atoms with van der Waals surface area (Å²) >= 11 is 7.30. The fraction of sp³-hybridized carbons (Fsp3) is 0.207. The molecule has 3 aromatic carbocycles. The fourth-order valence-corrected chi connectivity index (χ4v) is 5.49. The van der Waals surface area contributed by atoms with Crippen molar-refractivity contribution >= 4 is 55.7 Å². The minimum Gasteiger partial charge on any atom is -0.507 e. The topological polar surface area (TPSA) is 89.0 Å². The summed E-state index contributed by atoms with van der Waals surface area (Å²) in [7, 11) is 1.58. The third-order valence-electron chi connectivity index (χ3n) is 6.29. The van der Waals surface area contributed by atoms with Gasteiger partial charge in [0.05, 0.1) is 35.5 Å². The quantitative estimate of drug-likeness (QED) is 0.113. The number of hydrogen-bond acceptors (Lipinski definition) is 7. The van der Waals surface area contributed by atoms with E-state index in [-0.39, 0.29) is 11.3 Å². The highest BCUT2D eigenvalue weighted by atomic mass is 35.5. The van der Waals surface area contributed by atoms with Gasteiger partial charge in [0.15, 0.2) is 5.13 Å². The zero-order valence-electron chi connectivity index (χ0n) is 20.8. The Hall–Kier alpha value is -3.88. The molecule has 0 spiro atoms. The molecule has 5 rings (SSSR count). The number of ketones is 1. The van der Waals surface area contributed by atoms with E-state index < -0.39 is 17.7 Å². The zero-order chi connectivity index (χ0) is 26.8. The van der Waals surface area contributed by atoms with Crippen LogP contribution in [0.3, 0.4) is 0 Å². The second kappa shape index (κ2) is 10.8. The van der Waals surface area contributed by atoms with E-state index >= 15 is 0 Å². The van der Waals surface area contributed by atoms with Crippen LogP contribution in [0.15, 0.2) is 72.3 Å². The number of unbranched alkanes of at least 4 members (excludes halogenated alkanes) is 1. The molecule has 0 aliphatic carbocycles. The van der Waals surface area contributed by atoms with Crippen LogP contribution in [0.2, 0.25) is 5.02 Å². The molecule has 1 N–H and O–H groups in total. The van der Waals surface area contributed by atoms with Gasteiger partial charge in [0.25, 0.3) is 5.78 Å². The van der Waals surface area contributed by atoms with Gasteiger partial charge < -0.3 is 14.6 Å². The summed E-state index contributed by atoms with van der Waals surface area (Å²) < 4.78 is 12.0. The van der Waals surface area contributed by atoms with Crippen molar-refractivity contribution in [3.8, 4) is 11.5 Å². The van der Waals surface area contributed by atoms with E-state index in [1.165, 1.54) is 16.2 Å². The molecule has 1 aliphatic heterocycles. The summed E-state index contributed by atoms with van der Waals surface area (Å²) in [6.07, 6.45) is 1.89. The van der Waals surface area contributed by atoms with Crippen molar-refractivity contribution < 1.29 is 24.2 Å². The minimum absolute atomic E-state index is 0.0279. The number of ether oxygens (including phenoxy) is 2. The Morgan fingerprint density at radius 3 is 2.61 bits per heavy atom. The summed E-state index contributed by atoms with van der Waals surface area (Å²) in [4.78, 5) is 33.0. The zero-order valence-corrected chi connectivity index (χ0v) is 22.4. The van der Waals surface area contributed by atoms with Crippen LogP contribution >= 0.6 is 22.9 Å². The van der Waals surface area contributed by atoms with E-state index in [1.807, 2.05) is 24.3 Å². The number of halogens is 1. The molecule has 1 aromatic heterocycles. The summed E-state index contributed by atoms with van der Waals surface area (Å²) in [6.45, 7) is 2.63. The smallest absolute Gasteiger partial charge is 0.301 e. The minimum atomic E-state index is -0.914. The summed E-state index contributed by atoms with van der Waals surface area (Å²) in [6, 6.07) is 18.2. The van der Waals surface area contributed by atoms with E-state index in [4.69, 9.17) is 21.1 Å². The Bertz CT molecular complexity index is 1550. The summed E-state index contributed by atoms with van der Waals surface area (Å²) in [5, 5.41) is 12.1. The molecule has 1 saturated heterocycles. The van der Waals surface area contributed by atoms with Crippen LogP contribution in [0.1, 0.15) is 36.9 Å². The highest BCUT2D eigenvalue weighted by molar-refractivity contribution is 7.22. The second-order valence-electron chi connectivity index (χ2n) is 8.78. The van der Waals surface area contributed by atoms with Gasteiger partial charge in [-0.05, 0) is 66.6 Å². The van der Waals surface area contributed by atoms with E-state index in [0.717, 1.165) is 17.5 Å². The van der Waals surface area contributed by atoms with Gasteiger partial charge >= 0.3 is 5.91 Å². The summed E-state index contributed by atoms with van der Waals surface area (Å²) in [5.74, 6) is -0.578. The average Bonchev–Trinajstić information content (AvgIpc) is 3.46. The van der Waals surface area contributed by atoms with Gasteiger partial charge in [-0.3, -0.25) is 14.5 Å². The van der Waals surface area contributed by atoms with Gasteiger partial charge in [0.2, 0.25) is 0 Å². The number of anilines is 1. The first-order valence-electron chi connectivity index (χ1n) is 12.2. The molecule has 0 radical (unpaired) electrons. The SMILES string of the molecule is CCCCOc1cccc(C2C(=C(O)c3ccc(Cl)cc3)C(=O)C(=O)N2c2nc3ccc(OC)cc3s2)c1. The van der Waals surface area contributed by atoms with Gasteiger partial charge in [-0.2, -0.15) is 0 Å². The molecule has 9 heteroatoms. The maximum Gasteiger partial charge on any atom is 0.301 e. The van der Waals surface area contributed by atoms with Crippen molar-refractivity contribution in [1.29, 1.82) is 0 Å². The lowest BCUT2D eigenvalue weighted by atomic mass is 9.95. The average molecular weight is 549 g/mol. The number of thiazole rings is 1. The number of methoxy groups -OCH3 is 1. The highest BCUT2D eigenvalue weighted by Gasteiger charge is 2.48. The number of carbonyl (C=O) groups excluding carboxylic acids is 2. The Balaban J connectivity index is 1.67. The normalized spacial score (nSPS) is 16.8. The first-order chi connectivity index (χ1) is 18.4. The van der Waals surface area contributed by atoms with E-state index in [0.29, 0.717) is 44.9 Å². The van der Waals surface area contributed by atoms with E-state index in [1.54, 1.807) is 49.6 Å². The Kier molecular flexibility index (Phi) is 7.35. The van der Waals surface area contributed by atoms with Gasteiger partial charge in [-0.25, -0.2) is 4.98 Å². The number of benzene rings is 3. The number of carbonyl (C=O) groups is 2. The number of Topliss-reactive ketones (excluding diaryl/α,β-unsaturated/α-hetero) is 1. The van der Waals surface area contributed by atoms with Gasteiger partial charge in [0.1, 0.15) is 17.3 Å². The maximum atomic E-state index is 13.5. The predicted molar refractivity (Wildman–Crippen MR) is 149 cm³/mol. The molecule has 1 atom stereocenters. The van der Waals surface area contributed by atoms with Gasteiger partial charge in [-0.1, -0.05) is 48.4 Å². The van der Waals surface area contributed by atoms with E-state index in [2.05, 4.69) is 11.9 Å². The number of rotatable bonds is 8. The van der Waals surface area contributed by atoms with E-state index in [9.17, 15) is 14.7 Å². The van der Waals surface area contributed by atoms with Crippen LogP contribution < -0.4 is 14.4 Å². The first-order valence-corrected chi connectivity index (χ1v) is 13.3. The summed E-state index contributed by atoms with van der Waals surface area (Å²) in [5.41, 5.74) is 1.63. The lowest BCUT2D eigenvalue weighted by Gasteiger charge is -2.23. The Labute approximate surface area is 228 Å². The van der Waals surface area contributed by atoms with Crippen LogP contribution in [0.4, 0.5) is 5.13 Å². The Morgan fingerprint density at radius 1 is 1.08 bits per heavy atom. The number of aromatic nitrogens is 1. The molecular weight excluding hydrogens is 524 g/mol. The maximum absolute atomic E-state index is 13.5. The van der Waals surface area contributed by atoms with Crippen LogP contribution in [0.5, 0.6) is 11.5 Å². The van der Waals surface area contributed by atoms with Crippen molar-refractivity contribution in [1.82, 2.24) is 4.98 Å². The highest BCUT2D eigenvalue weighted by Crippen LogP contribution is 2.45. The predicted octanol–water partition coefficient (Wildman–Crippen LogP) is 6.76. The fourth-order valence-electron chi connectivity index (χ4n) is 4.34. The molecule has 7 nitrogen and oxygen atoms in total. The third kappa shape index (κ3) is 4.85. The molecule has 1 amide bonds. The van der Waals surface area contributed by atoms with Gasteiger partial charge in [0, 0.05) is 10.6 Å². The van der Waals surface area contributed by atoms with Crippen LogP contribution in [0.25, 0.3) is 16.0 Å². The number of aliphatic hydroxyl groups excluding tert-OH is 1.